The number of rotatable bonds is 3. The Kier molecular flexibility index (Phi) is 4.25. The number of carbonyl (C=O) groups is 1. The van der Waals surface area contributed by atoms with Crippen LogP contribution in [0.1, 0.15) is 58.3 Å². The van der Waals surface area contributed by atoms with Crippen molar-refractivity contribution >= 4 is 23.1 Å². The van der Waals surface area contributed by atoms with Crippen molar-refractivity contribution in [3.8, 4) is 0 Å². The Morgan fingerprint density at radius 3 is 2.17 bits per heavy atom. The number of hydrogen-bond acceptors (Lipinski definition) is 2. The van der Waals surface area contributed by atoms with Crippen LogP contribution in [-0.2, 0) is 4.79 Å². The molecule has 2 saturated carbocycles. The molecule has 2 fully saturated rings. The standard InChI is InChI=1S/C14H24N2OS/c1-10-9-11(10)12(17)16-14(13(15)18)7-5-3-2-4-6-8-14/h10-11H,2-9H2,1H3,(H2,15,18)(H,16,17). The molecule has 0 aromatic carbocycles. The monoisotopic (exact) mass is 268 g/mol. The van der Waals surface area contributed by atoms with Crippen molar-refractivity contribution in [1.82, 2.24) is 5.32 Å². The summed E-state index contributed by atoms with van der Waals surface area (Å²) >= 11 is 5.25. The Morgan fingerprint density at radius 1 is 1.22 bits per heavy atom. The highest BCUT2D eigenvalue weighted by atomic mass is 32.1. The summed E-state index contributed by atoms with van der Waals surface area (Å²) in [4.78, 5) is 12.6. The van der Waals surface area contributed by atoms with Gasteiger partial charge in [-0.25, -0.2) is 0 Å². The van der Waals surface area contributed by atoms with Gasteiger partial charge in [0.2, 0.25) is 5.91 Å². The van der Waals surface area contributed by atoms with Crippen molar-refractivity contribution in [1.29, 1.82) is 0 Å². The Morgan fingerprint density at radius 2 is 1.72 bits per heavy atom. The van der Waals surface area contributed by atoms with Gasteiger partial charge in [0.15, 0.2) is 0 Å². The number of nitrogens with one attached hydrogen (secondary N) is 1. The van der Waals surface area contributed by atoms with Gasteiger partial charge in [-0.05, 0) is 25.2 Å². The van der Waals surface area contributed by atoms with Crippen molar-refractivity contribution < 1.29 is 4.79 Å². The zero-order valence-corrected chi connectivity index (χ0v) is 12.0. The third-order valence-corrected chi connectivity index (χ3v) is 4.88. The molecule has 0 saturated heterocycles. The molecule has 102 valence electrons. The highest BCUT2D eigenvalue weighted by Gasteiger charge is 2.43. The molecule has 0 heterocycles. The Labute approximate surface area is 115 Å². The molecule has 4 heteroatoms. The van der Waals surface area contributed by atoms with E-state index in [1.807, 2.05) is 0 Å². The van der Waals surface area contributed by atoms with Gasteiger partial charge in [-0.3, -0.25) is 4.79 Å². The highest BCUT2D eigenvalue weighted by molar-refractivity contribution is 7.80. The molecule has 3 N–H and O–H groups in total. The van der Waals surface area contributed by atoms with Crippen LogP contribution in [0.3, 0.4) is 0 Å². The Hall–Kier alpha value is -0.640. The number of hydrogen-bond donors (Lipinski definition) is 2. The van der Waals surface area contributed by atoms with Crippen LogP contribution in [0.4, 0.5) is 0 Å². The van der Waals surface area contributed by atoms with Gasteiger partial charge in [-0.15, -0.1) is 0 Å². The first-order chi connectivity index (χ1) is 8.55. The second-order valence-corrected chi connectivity index (χ2v) is 6.46. The lowest BCUT2D eigenvalue weighted by Gasteiger charge is -2.35. The van der Waals surface area contributed by atoms with E-state index in [2.05, 4.69) is 12.2 Å². The zero-order chi connectivity index (χ0) is 13.2. The molecule has 18 heavy (non-hydrogen) atoms. The van der Waals surface area contributed by atoms with E-state index in [9.17, 15) is 4.79 Å². The van der Waals surface area contributed by atoms with Gasteiger partial charge >= 0.3 is 0 Å². The van der Waals surface area contributed by atoms with Crippen LogP contribution >= 0.6 is 12.2 Å². The molecular formula is C14H24N2OS. The minimum atomic E-state index is -0.408. The van der Waals surface area contributed by atoms with Crippen molar-refractivity contribution in [3.05, 3.63) is 0 Å². The number of amides is 1. The average Bonchev–Trinajstić information content (AvgIpc) is 2.99. The molecule has 2 atom stereocenters. The normalized spacial score (nSPS) is 30.9. The van der Waals surface area contributed by atoms with Crippen LogP contribution in [0.25, 0.3) is 0 Å². The van der Waals surface area contributed by atoms with Crippen LogP contribution in [0, 0.1) is 11.8 Å². The summed E-state index contributed by atoms with van der Waals surface area (Å²) in [6, 6.07) is 0. The third-order valence-electron chi connectivity index (χ3n) is 4.49. The largest absolute Gasteiger partial charge is 0.391 e. The fourth-order valence-electron chi connectivity index (χ4n) is 2.96. The van der Waals surface area contributed by atoms with Gasteiger partial charge in [-0.1, -0.05) is 51.2 Å². The van der Waals surface area contributed by atoms with E-state index in [4.69, 9.17) is 18.0 Å². The maximum atomic E-state index is 12.2. The summed E-state index contributed by atoms with van der Waals surface area (Å²) in [6.07, 6.45) is 8.79. The molecule has 0 spiro atoms. The van der Waals surface area contributed by atoms with E-state index in [0.717, 1.165) is 32.1 Å². The van der Waals surface area contributed by atoms with Crippen molar-refractivity contribution in [2.45, 2.75) is 63.8 Å². The number of nitrogens with two attached hydrogens (primary N) is 1. The van der Waals surface area contributed by atoms with Gasteiger partial charge in [0, 0.05) is 5.92 Å². The van der Waals surface area contributed by atoms with E-state index in [1.165, 1.54) is 19.3 Å². The molecule has 0 radical (unpaired) electrons. The van der Waals surface area contributed by atoms with E-state index >= 15 is 0 Å². The second kappa shape index (κ2) is 5.55. The van der Waals surface area contributed by atoms with Crippen LogP contribution < -0.4 is 11.1 Å². The smallest absolute Gasteiger partial charge is 0.224 e. The Bertz CT molecular complexity index is 335. The quantitative estimate of drug-likeness (QED) is 0.773. The SMILES string of the molecule is CC1CC1C(=O)NC1(C(N)=S)CCCCCCC1. The highest BCUT2D eigenvalue weighted by Crippen LogP contribution is 2.39. The molecule has 0 bridgehead atoms. The van der Waals surface area contributed by atoms with E-state index in [1.54, 1.807) is 0 Å². The second-order valence-electron chi connectivity index (χ2n) is 6.02. The minimum absolute atomic E-state index is 0.163. The van der Waals surface area contributed by atoms with Crippen LogP contribution in [-0.4, -0.2) is 16.4 Å². The first kappa shape index (κ1) is 13.8. The van der Waals surface area contributed by atoms with Gasteiger partial charge in [0.25, 0.3) is 0 Å². The number of carbonyl (C=O) groups excluding carboxylic acids is 1. The first-order valence-electron chi connectivity index (χ1n) is 7.17. The van der Waals surface area contributed by atoms with Gasteiger partial charge in [0.05, 0.1) is 10.5 Å². The lowest BCUT2D eigenvalue weighted by Crippen LogP contribution is -2.57. The summed E-state index contributed by atoms with van der Waals surface area (Å²) in [5, 5.41) is 3.19. The summed E-state index contributed by atoms with van der Waals surface area (Å²) in [5.41, 5.74) is 5.54. The predicted molar refractivity (Wildman–Crippen MR) is 77.2 cm³/mol. The van der Waals surface area contributed by atoms with Gasteiger partial charge in [-0.2, -0.15) is 0 Å². The molecule has 2 rings (SSSR count). The van der Waals surface area contributed by atoms with Gasteiger partial charge in [0.1, 0.15) is 0 Å². The molecule has 2 aliphatic rings. The van der Waals surface area contributed by atoms with Crippen molar-refractivity contribution in [3.63, 3.8) is 0 Å². The molecule has 0 aliphatic heterocycles. The maximum Gasteiger partial charge on any atom is 0.224 e. The molecule has 1 amide bonds. The van der Waals surface area contributed by atoms with E-state index < -0.39 is 5.54 Å². The lowest BCUT2D eigenvalue weighted by molar-refractivity contribution is -0.124. The van der Waals surface area contributed by atoms with E-state index in [0.29, 0.717) is 10.9 Å². The van der Waals surface area contributed by atoms with Crippen LogP contribution in [0.2, 0.25) is 0 Å². The lowest BCUT2D eigenvalue weighted by atomic mass is 9.83. The summed E-state index contributed by atoms with van der Waals surface area (Å²) in [5.74, 6) is 0.888. The fraction of sp³-hybridized carbons (Fsp3) is 0.857. The third kappa shape index (κ3) is 3.02. The molecular weight excluding hydrogens is 244 g/mol. The number of thiocarbonyl (C=S) groups is 1. The van der Waals surface area contributed by atoms with Crippen molar-refractivity contribution in [2.75, 3.05) is 0 Å². The molecule has 3 nitrogen and oxygen atoms in total. The van der Waals surface area contributed by atoms with E-state index in [-0.39, 0.29) is 11.8 Å². The van der Waals surface area contributed by atoms with Gasteiger partial charge < -0.3 is 11.1 Å². The fourth-order valence-corrected chi connectivity index (χ4v) is 3.21. The van der Waals surface area contributed by atoms with Crippen LogP contribution in [0.5, 0.6) is 0 Å². The van der Waals surface area contributed by atoms with Crippen molar-refractivity contribution in [2.24, 2.45) is 17.6 Å². The minimum Gasteiger partial charge on any atom is -0.391 e. The molecule has 2 unspecified atom stereocenters. The topological polar surface area (TPSA) is 55.1 Å². The Balaban J connectivity index is 2.04. The summed E-state index contributed by atoms with van der Waals surface area (Å²) < 4.78 is 0. The average molecular weight is 268 g/mol. The molecule has 2 aliphatic carbocycles. The maximum absolute atomic E-state index is 12.2. The first-order valence-corrected chi connectivity index (χ1v) is 7.58. The zero-order valence-electron chi connectivity index (χ0n) is 11.2. The molecule has 0 aromatic rings. The summed E-state index contributed by atoms with van der Waals surface area (Å²) in [7, 11) is 0. The molecule has 0 aromatic heterocycles. The predicted octanol–water partition coefficient (Wildman–Crippen LogP) is 2.53. The van der Waals surface area contributed by atoms with Crippen LogP contribution in [0.15, 0.2) is 0 Å². The summed E-state index contributed by atoms with van der Waals surface area (Å²) in [6.45, 7) is 2.12.